The fourth-order valence-electron chi connectivity index (χ4n) is 6.71. The van der Waals surface area contributed by atoms with Crippen LogP contribution in [0.4, 0.5) is 11.4 Å². The number of para-hydroxylation sites is 1. The second kappa shape index (κ2) is 11.9. The molecule has 0 saturated heterocycles. The van der Waals surface area contributed by atoms with E-state index in [1.165, 1.54) is 12.1 Å². The molecule has 44 heavy (non-hydrogen) atoms. The second-order valence-electron chi connectivity index (χ2n) is 14.3. The summed E-state index contributed by atoms with van der Waals surface area (Å²) in [4.78, 5) is 39.6. The molecule has 9 heteroatoms. The van der Waals surface area contributed by atoms with Crippen LogP contribution in [0.25, 0.3) is 6.08 Å². The van der Waals surface area contributed by atoms with E-state index in [1.54, 1.807) is 13.0 Å². The Morgan fingerprint density at radius 1 is 1.05 bits per heavy atom. The van der Waals surface area contributed by atoms with E-state index in [9.17, 15) is 19.7 Å². The Morgan fingerprint density at radius 2 is 1.73 bits per heavy atom. The summed E-state index contributed by atoms with van der Waals surface area (Å²) in [5, 5.41) is 11.4. The summed E-state index contributed by atoms with van der Waals surface area (Å²) in [6.07, 6.45) is 4.71. The summed E-state index contributed by atoms with van der Waals surface area (Å²) in [5.41, 5.74) is -0.288. The first-order valence-electron chi connectivity index (χ1n) is 15.3. The minimum Gasteiger partial charge on any atom is -0.463 e. The standard InChI is InChI=1S/C35H46N2O7/c1-23(2)21-34(9,22-24(3)30(38)44-32(4,5)6)31(39)42-19-18-36-28-13-11-10-12-27(28)33(7,8)35(36)17-16-25-20-26(37(40)41)14-15-29(25)43-35/h10-17,20,23-24H,18-19,21-22H2,1-9H3. The van der Waals surface area contributed by atoms with Gasteiger partial charge in [0, 0.05) is 23.4 Å². The van der Waals surface area contributed by atoms with E-state index in [2.05, 4.69) is 38.7 Å². The van der Waals surface area contributed by atoms with Crippen LogP contribution in [-0.2, 0) is 24.5 Å². The average molecular weight is 607 g/mol. The van der Waals surface area contributed by atoms with Crippen LogP contribution in [0.5, 0.6) is 5.75 Å². The van der Waals surface area contributed by atoms with Crippen LogP contribution in [0.2, 0.25) is 0 Å². The van der Waals surface area contributed by atoms with Crippen molar-refractivity contribution in [3.05, 3.63) is 69.8 Å². The molecular weight excluding hydrogens is 560 g/mol. The van der Waals surface area contributed by atoms with Crippen molar-refractivity contribution in [3.8, 4) is 5.75 Å². The molecule has 0 amide bonds. The molecule has 2 aromatic carbocycles. The van der Waals surface area contributed by atoms with Gasteiger partial charge in [-0.3, -0.25) is 19.7 Å². The number of carbonyl (C=O) groups excluding carboxylic acids is 2. The minimum atomic E-state index is -0.960. The zero-order chi connectivity index (χ0) is 32.7. The largest absolute Gasteiger partial charge is 0.463 e. The Labute approximate surface area is 260 Å². The van der Waals surface area contributed by atoms with Crippen molar-refractivity contribution in [1.29, 1.82) is 0 Å². The Morgan fingerprint density at radius 3 is 2.36 bits per heavy atom. The van der Waals surface area contributed by atoms with Crippen molar-refractivity contribution in [2.45, 2.75) is 91.9 Å². The number of non-ortho nitro benzene ring substituents is 1. The van der Waals surface area contributed by atoms with Gasteiger partial charge in [-0.05, 0) is 90.2 Å². The molecule has 2 aliphatic heterocycles. The first kappa shape index (κ1) is 33.0. The Balaban J connectivity index is 1.57. The zero-order valence-corrected chi connectivity index (χ0v) is 27.4. The number of nitro groups is 1. The van der Waals surface area contributed by atoms with Gasteiger partial charge in [0.25, 0.3) is 5.69 Å². The Bertz CT molecular complexity index is 1460. The molecule has 0 N–H and O–H groups in total. The molecule has 4 rings (SSSR count). The lowest BCUT2D eigenvalue weighted by molar-refractivity contribution is -0.384. The Hall–Kier alpha value is -3.88. The third kappa shape index (κ3) is 6.33. The molecule has 2 aromatic rings. The summed E-state index contributed by atoms with van der Waals surface area (Å²) >= 11 is 0. The van der Waals surface area contributed by atoms with Crippen LogP contribution in [-0.4, -0.2) is 41.3 Å². The lowest BCUT2D eigenvalue weighted by atomic mass is 9.75. The fraction of sp³-hybridized carbons (Fsp3) is 0.543. The van der Waals surface area contributed by atoms with Gasteiger partial charge in [-0.15, -0.1) is 0 Å². The van der Waals surface area contributed by atoms with Crippen molar-refractivity contribution in [3.63, 3.8) is 0 Å². The number of anilines is 1. The van der Waals surface area contributed by atoms with Crippen molar-refractivity contribution in [2.24, 2.45) is 17.3 Å². The van der Waals surface area contributed by atoms with Crippen molar-refractivity contribution >= 4 is 29.4 Å². The fourth-order valence-corrected chi connectivity index (χ4v) is 6.71. The molecule has 0 fully saturated rings. The number of esters is 2. The number of ether oxygens (including phenoxy) is 3. The number of rotatable bonds is 10. The highest BCUT2D eigenvalue weighted by Crippen LogP contribution is 2.55. The third-order valence-corrected chi connectivity index (χ3v) is 8.59. The second-order valence-corrected chi connectivity index (χ2v) is 14.3. The van der Waals surface area contributed by atoms with Gasteiger partial charge in [-0.25, -0.2) is 0 Å². The topological polar surface area (TPSA) is 108 Å². The molecule has 2 aliphatic rings. The smallest absolute Gasteiger partial charge is 0.311 e. The van der Waals surface area contributed by atoms with E-state index in [0.29, 0.717) is 30.7 Å². The molecule has 3 unspecified atom stereocenters. The van der Waals surface area contributed by atoms with E-state index in [1.807, 2.05) is 58.0 Å². The van der Waals surface area contributed by atoms with Gasteiger partial charge in [-0.2, -0.15) is 0 Å². The molecular formula is C35H46N2O7. The number of nitro benzene ring substituents is 1. The molecule has 0 bridgehead atoms. The number of benzene rings is 2. The van der Waals surface area contributed by atoms with Crippen LogP contribution in [0.3, 0.4) is 0 Å². The van der Waals surface area contributed by atoms with Crippen molar-refractivity contribution in [1.82, 2.24) is 0 Å². The molecule has 3 atom stereocenters. The number of carbonyl (C=O) groups is 2. The van der Waals surface area contributed by atoms with Crippen LogP contribution in [0, 0.1) is 27.4 Å². The molecule has 2 heterocycles. The SMILES string of the molecule is CC(C)CC(C)(CC(C)C(=O)OC(C)(C)C)C(=O)OCCN1c2ccccc2C(C)(C)C12C=Cc1cc([N+](=O)[O-])ccc1O2. The molecule has 9 nitrogen and oxygen atoms in total. The van der Waals surface area contributed by atoms with Gasteiger partial charge < -0.3 is 19.1 Å². The monoisotopic (exact) mass is 606 g/mol. The van der Waals surface area contributed by atoms with Crippen LogP contribution >= 0.6 is 0 Å². The predicted octanol–water partition coefficient (Wildman–Crippen LogP) is 7.46. The summed E-state index contributed by atoms with van der Waals surface area (Å²) in [6.45, 7) is 17.9. The maximum atomic E-state index is 13.7. The normalized spacial score (nSPS) is 20.4. The van der Waals surface area contributed by atoms with Gasteiger partial charge >= 0.3 is 11.9 Å². The van der Waals surface area contributed by atoms with E-state index in [4.69, 9.17) is 14.2 Å². The average Bonchev–Trinajstić information content (AvgIpc) is 3.09. The van der Waals surface area contributed by atoms with Crippen LogP contribution in [0.1, 0.15) is 86.3 Å². The number of hydrogen-bond acceptors (Lipinski definition) is 8. The van der Waals surface area contributed by atoms with E-state index in [-0.39, 0.29) is 30.2 Å². The highest BCUT2D eigenvalue weighted by Gasteiger charge is 2.58. The highest BCUT2D eigenvalue weighted by molar-refractivity contribution is 5.79. The quantitative estimate of drug-likeness (QED) is 0.156. The van der Waals surface area contributed by atoms with Crippen molar-refractivity contribution < 1.29 is 28.7 Å². The molecule has 0 radical (unpaired) electrons. The molecule has 238 valence electrons. The van der Waals surface area contributed by atoms with E-state index >= 15 is 0 Å². The molecule has 0 aliphatic carbocycles. The van der Waals surface area contributed by atoms with Gasteiger partial charge in [0.1, 0.15) is 18.0 Å². The van der Waals surface area contributed by atoms with E-state index < -0.39 is 33.0 Å². The lowest BCUT2D eigenvalue weighted by Crippen LogP contribution is -2.60. The lowest BCUT2D eigenvalue weighted by Gasteiger charge is -2.47. The van der Waals surface area contributed by atoms with E-state index in [0.717, 1.165) is 11.3 Å². The number of nitrogens with zero attached hydrogens (tertiary/aromatic N) is 2. The van der Waals surface area contributed by atoms with Gasteiger partial charge in [0.2, 0.25) is 5.72 Å². The zero-order valence-electron chi connectivity index (χ0n) is 27.4. The third-order valence-electron chi connectivity index (χ3n) is 8.59. The first-order chi connectivity index (χ1) is 20.4. The van der Waals surface area contributed by atoms with Crippen molar-refractivity contribution in [2.75, 3.05) is 18.1 Å². The summed E-state index contributed by atoms with van der Waals surface area (Å²) in [7, 11) is 0. The highest BCUT2D eigenvalue weighted by atomic mass is 16.6. The number of hydrogen-bond donors (Lipinski definition) is 0. The summed E-state index contributed by atoms with van der Waals surface area (Å²) in [5.74, 6) is -0.395. The minimum absolute atomic E-state index is 0.00359. The van der Waals surface area contributed by atoms with Crippen LogP contribution < -0.4 is 9.64 Å². The summed E-state index contributed by atoms with van der Waals surface area (Å²) in [6, 6.07) is 12.7. The first-order valence-corrected chi connectivity index (χ1v) is 15.3. The Kier molecular flexibility index (Phi) is 8.93. The number of fused-ring (bicyclic) bond motifs is 2. The predicted molar refractivity (Wildman–Crippen MR) is 170 cm³/mol. The van der Waals surface area contributed by atoms with Gasteiger partial charge in [0.05, 0.1) is 28.2 Å². The molecule has 0 aromatic heterocycles. The summed E-state index contributed by atoms with van der Waals surface area (Å²) < 4.78 is 18.3. The van der Waals surface area contributed by atoms with Gasteiger partial charge in [0.15, 0.2) is 0 Å². The maximum Gasteiger partial charge on any atom is 0.311 e. The van der Waals surface area contributed by atoms with Gasteiger partial charge in [-0.1, -0.05) is 39.0 Å². The maximum absolute atomic E-state index is 13.7. The molecule has 0 saturated carbocycles. The van der Waals surface area contributed by atoms with Crippen LogP contribution in [0.15, 0.2) is 48.5 Å². The molecule has 1 spiro atoms.